The van der Waals surface area contributed by atoms with Crippen molar-refractivity contribution in [2.24, 2.45) is 0 Å². The molecule has 18 heavy (non-hydrogen) atoms. The molecule has 3 nitrogen and oxygen atoms in total. The van der Waals surface area contributed by atoms with Crippen molar-refractivity contribution >= 4 is 0 Å². The molecule has 1 aromatic rings. The van der Waals surface area contributed by atoms with E-state index in [9.17, 15) is 0 Å². The molecule has 2 aliphatic rings. The van der Waals surface area contributed by atoms with E-state index in [1.165, 1.54) is 18.4 Å². The van der Waals surface area contributed by atoms with Gasteiger partial charge in [0.2, 0.25) is 0 Å². The first kappa shape index (κ1) is 12.2. The predicted molar refractivity (Wildman–Crippen MR) is 72.6 cm³/mol. The highest BCUT2D eigenvalue weighted by Crippen LogP contribution is 2.24. The Morgan fingerprint density at radius 3 is 2.94 bits per heavy atom. The van der Waals surface area contributed by atoms with E-state index in [1.54, 1.807) is 0 Å². The van der Waals surface area contributed by atoms with Crippen molar-refractivity contribution in [2.75, 3.05) is 32.8 Å². The lowest BCUT2D eigenvalue weighted by Crippen LogP contribution is -2.48. The third kappa shape index (κ3) is 2.74. The second kappa shape index (κ2) is 5.83. The summed E-state index contributed by atoms with van der Waals surface area (Å²) in [6.45, 7) is 5.31. The molecule has 2 unspecified atom stereocenters. The van der Waals surface area contributed by atoms with Gasteiger partial charge in [-0.3, -0.25) is 4.90 Å². The van der Waals surface area contributed by atoms with E-state index in [4.69, 9.17) is 4.74 Å². The maximum absolute atomic E-state index is 5.78. The highest BCUT2D eigenvalue weighted by atomic mass is 16.5. The molecule has 2 fully saturated rings. The van der Waals surface area contributed by atoms with Gasteiger partial charge in [0.05, 0.1) is 6.10 Å². The van der Waals surface area contributed by atoms with Gasteiger partial charge in [-0.25, -0.2) is 0 Å². The third-order valence-corrected chi connectivity index (χ3v) is 4.00. The molecule has 0 spiro atoms. The predicted octanol–water partition coefficient (Wildman–Crippen LogP) is 1.81. The lowest BCUT2D eigenvalue weighted by atomic mass is 10.0. The molecule has 2 heterocycles. The van der Waals surface area contributed by atoms with Crippen LogP contribution < -0.4 is 5.32 Å². The fraction of sp³-hybridized carbons (Fsp3) is 0.600. The molecule has 1 N–H and O–H groups in total. The fourth-order valence-electron chi connectivity index (χ4n) is 3.02. The molecule has 0 amide bonds. The molecule has 0 aromatic heterocycles. The minimum Gasteiger partial charge on any atom is -0.377 e. The van der Waals surface area contributed by atoms with Crippen LogP contribution in [-0.2, 0) is 4.74 Å². The normalized spacial score (nSPS) is 29.6. The summed E-state index contributed by atoms with van der Waals surface area (Å²) in [6.07, 6.45) is 2.91. The van der Waals surface area contributed by atoms with Crippen molar-refractivity contribution in [1.29, 1.82) is 0 Å². The van der Waals surface area contributed by atoms with Gasteiger partial charge >= 0.3 is 0 Å². The van der Waals surface area contributed by atoms with Crippen LogP contribution in [0.25, 0.3) is 0 Å². The molecule has 0 radical (unpaired) electrons. The lowest BCUT2D eigenvalue weighted by molar-refractivity contribution is 0.0484. The number of piperazine rings is 1. The SMILES string of the molecule is c1ccc(C2CNCCN2CC2CCCO2)cc1. The molecule has 98 valence electrons. The maximum Gasteiger partial charge on any atom is 0.0703 e. The molecule has 2 aliphatic heterocycles. The zero-order valence-corrected chi connectivity index (χ0v) is 10.8. The molecule has 0 saturated carbocycles. The first-order valence-corrected chi connectivity index (χ1v) is 7.05. The number of benzene rings is 1. The van der Waals surface area contributed by atoms with Crippen molar-refractivity contribution in [2.45, 2.75) is 25.0 Å². The first-order valence-electron chi connectivity index (χ1n) is 7.05. The highest BCUT2D eigenvalue weighted by molar-refractivity contribution is 5.20. The number of nitrogens with zero attached hydrogens (tertiary/aromatic N) is 1. The Balaban J connectivity index is 1.69. The molecule has 0 aliphatic carbocycles. The quantitative estimate of drug-likeness (QED) is 0.880. The van der Waals surface area contributed by atoms with E-state index in [1.807, 2.05) is 0 Å². The summed E-state index contributed by atoms with van der Waals surface area (Å²) < 4.78 is 5.78. The van der Waals surface area contributed by atoms with Crippen molar-refractivity contribution in [3.05, 3.63) is 35.9 Å². The van der Waals surface area contributed by atoms with Crippen LogP contribution in [0.2, 0.25) is 0 Å². The van der Waals surface area contributed by atoms with E-state index >= 15 is 0 Å². The van der Waals surface area contributed by atoms with Crippen LogP contribution >= 0.6 is 0 Å². The third-order valence-electron chi connectivity index (χ3n) is 4.00. The monoisotopic (exact) mass is 246 g/mol. The van der Waals surface area contributed by atoms with Gasteiger partial charge < -0.3 is 10.1 Å². The van der Waals surface area contributed by atoms with Crippen LogP contribution in [0.15, 0.2) is 30.3 Å². The van der Waals surface area contributed by atoms with Gasteiger partial charge in [0, 0.05) is 38.8 Å². The minimum atomic E-state index is 0.453. The topological polar surface area (TPSA) is 24.5 Å². The van der Waals surface area contributed by atoms with Gasteiger partial charge in [-0.05, 0) is 18.4 Å². The number of rotatable bonds is 3. The Morgan fingerprint density at radius 2 is 2.17 bits per heavy atom. The molecule has 1 aromatic carbocycles. The molecular weight excluding hydrogens is 224 g/mol. The Labute approximate surface area is 109 Å². The fourth-order valence-corrected chi connectivity index (χ4v) is 3.02. The number of hydrogen-bond donors (Lipinski definition) is 1. The first-order chi connectivity index (χ1) is 8.93. The van der Waals surface area contributed by atoms with Gasteiger partial charge in [-0.1, -0.05) is 30.3 Å². The van der Waals surface area contributed by atoms with Crippen LogP contribution in [0.5, 0.6) is 0 Å². The van der Waals surface area contributed by atoms with Crippen molar-refractivity contribution in [3.63, 3.8) is 0 Å². The zero-order chi connectivity index (χ0) is 12.2. The molecule has 2 saturated heterocycles. The molecule has 3 heteroatoms. The standard InChI is InChI=1S/C15H22N2O/c1-2-5-13(6-3-1)15-11-16-8-9-17(15)12-14-7-4-10-18-14/h1-3,5-6,14-16H,4,7-12H2. The van der Waals surface area contributed by atoms with Gasteiger partial charge in [0.25, 0.3) is 0 Å². The number of nitrogens with one attached hydrogen (secondary N) is 1. The van der Waals surface area contributed by atoms with Gasteiger partial charge in [0.15, 0.2) is 0 Å². The van der Waals surface area contributed by atoms with Crippen LogP contribution in [0.3, 0.4) is 0 Å². The summed E-state index contributed by atoms with van der Waals surface area (Å²) in [7, 11) is 0. The molecular formula is C15H22N2O. The second-order valence-electron chi connectivity index (χ2n) is 5.26. The maximum atomic E-state index is 5.78. The Morgan fingerprint density at radius 1 is 1.28 bits per heavy atom. The number of hydrogen-bond acceptors (Lipinski definition) is 3. The average molecular weight is 246 g/mol. The zero-order valence-electron chi connectivity index (χ0n) is 10.8. The molecule has 3 rings (SSSR count). The smallest absolute Gasteiger partial charge is 0.0703 e. The molecule has 2 atom stereocenters. The Hall–Kier alpha value is -0.900. The summed E-state index contributed by atoms with van der Waals surface area (Å²) in [6, 6.07) is 11.3. The second-order valence-corrected chi connectivity index (χ2v) is 5.26. The molecule has 0 bridgehead atoms. The van der Waals surface area contributed by atoms with E-state index in [2.05, 4.69) is 40.5 Å². The summed E-state index contributed by atoms with van der Waals surface area (Å²) >= 11 is 0. The van der Waals surface area contributed by atoms with Gasteiger partial charge in [0.1, 0.15) is 0 Å². The van der Waals surface area contributed by atoms with E-state index < -0.39 is 0 Å². The van der Waals surface area contributed by atoms with Crippen molar-refractivity contribution < 1.29 is 4.74 Å². The minimum absolute atomic E-state index is 0.453. The van der Waals surface area contributed by atoms with Gasteiger partial charge in [-0.2, -0.15) is 0 Å². The number of ether oxygens (including phenoxy) is 1. The van der Waals surface area contributed by atoms with Crippen molar-refractivity contribution in [3.8, 4) is 0 Å². The van der Waals surface area contributed by atoms with E-state index in [0.717, 1.165) is 32.8 Å². The van der Waals surface area contributed by atoms with Crippen LogP contribution in [0.4, 0.5) is 0 Å². The Bertz CT molecular complexity index is 362. The van der Waals surface area contributed by atoms with Crippen LogP contribution in [-0.4, -0.2) is 43.8 Å². The Kier molecular flexibility index (Phi) is 3.93. The van der Waals surface area contributed by atoms with E-state index in [0.29, 0.717) is 12.1 Å². The van der Waals surface area contributed by atoms with Crippen molar-refractivity contribution in [1.82, 2.24) is 10.2 Å². The summed E-state index contributed by atoms with van der Waals surface area (Å²) in [5.41, 5.74) is 1.42. The van der Waals surface area contributed by atoms with Gasteiger partial charge in [-0.15, -0.1) is 0 Å². The van der Waals surface area contributed by atoms with Crippen LogP contribution in [0.1, 0.15) is 24.4 Å². The summed E-state index contributed by atoms with van der Waals surface area (Å²) in [5.74, 6) is 0. The highest BCUT2D eigenvalue weighted by Gasteiger charge is 2.27. The average Bonchev–Trinajstić information content (AvgIpc) is 2.93. The summed E-state index contributed by atoms with van der Waals surface area (Å²) in [5, 5.41) is 3.51. The van der Waals surface area contributed by atoms with Crippen LogP contribution in [0, 0.1) is 0 Å². The lowest BCUT2D eigenvalue weighted by Gasteiger charge is -2.37. The van der Waals surface area contributed by atoms with E-state index in [-0.39, 0.29) is 0 Å². The largest absolute Gasteiger partial charge is 0.377 e. The summed E-state index contributed by atoms with van der Waals surface area (Å²) in [4.78, 5) is 2.59.